The number of piperidine rings is 1. The molecule has 22 heteroatoms. The van der Waals surface area contributed by atoms with Gasteiger partial charge in [0.15, 0.2) is 12.6 Å². The number of aliphatic hydroxyl groups is 5. The Hall–Kier alpha value is -2.29. The Morgan fingerprint density at radius 2 is 1.56 bits per heavy atom. The number of esters is 1. The van der Waals surface area contributed by atoms with Gasteiger partial charge in [-0.3, -0.25) is 9.52 Å². The van der Waals surface area contributed by atoms with E-state index in [1.54, 1.807) is 48.5 Å². The molecule has 0 saturated carbocycles. The minimum absolute atomic E-state index is 0.00483. The highest BCUT2D eigenvalue weighted by Crippen LogP contribution is 2.44. The first-order valence-corrected chi connectivity index (χ1v) is 26.5. The van der Waals surface area contributed by atoms with Crippen LogP contribution in [0.1, 0.15) is 120 Å². The van der Waals surface area contributed by atoms with E-state index in [1.165, 1.54) is 28.0 Å². The number of β-amino-alcohol motifs (C(OH)–C–C–N with tert-alkyl or cyclic N) is 1. The van der Waals surface area contributed by atoms with Crippen molar-refractivity contribution >= 4 is 21.9 Å². The number of nitrogens with zero attached hydrogens (tertiary/aromatic N) is 2. The third-order valence-electron chi connectivity index (χ3n) is 15.7. The zero-order valence-electron chi connectivity index (χ0n) is 43.5. The maximum Gasteiger partial charge on any atom is 0.416 e. The summed E-state index contributed by atoms with van der Waals surface area (Å²) in [5.41, 5.74) is -7.60. The predicted molar refractivity (Wildman–Crippen MR) is 257 cm³/mol. The van der Waals surface area contributed by atoms with Crippen molar-refractivity contribution in [3.8, 4) is 0 Å². The summed E-state index contributed by atoms with van der Waals surface area (Å²) in [6.07, 6.45) is -12.7. The number of methoxy groups -OCH3 is 1. The second kappa shape index (κ2) is 23.3. The van der Waals surface area contributed by atoms with Gasteiger partial charge in [-0.2, -0.15) is 25.9 Å². The second-order valence-corrected chi connectivity index (χ2v) is 23.3. The molecule has 1 aromatic rings. The Morgan fingerprint density at radius 3 is 2.14 bits per heavy atom. The van der Waals surface area contributed by atoms with Gasteiger partial charge in [-0.25, -0.2) is 0 Å². The minimum atomic E-state index is -4.64. The lowest BCUT2D eigenvalue weighted by atomic mass is 9.74. The van der Waals surface area contributed by atoms with Crippen LogP contribution in [0.5, 0.6) is 0 Å². The summed E-state index contributed by atoms with van der Waals surface area (Å²) in [5, 5.41) is 63.8. The second-order valence-electron chi connectivity index (χ2n) is 21.6. The molecule has 0 spiro atoms. The molecule has 18 nitrogen and oxygen atoms in total. The number of hydrogen-bond donors (Lipinski definition) is 7. The molecule has 0 bridgehead atoms. The number of aliphatic hydroxyl groups excluding tert-OH is 2. The van der Waals surface area contributed by atoms with Crippen LogP contribution >= 0.6 is 0 Å². The summed E-state index contributed by atoms with van der Waals surface area (Å²) in [6.45, 7) is 18.7. The number of benzene rings is 1. The van der Waals surface area contributed by atoms with E-state index >= 15 is 0 Å². The van der Waals surface area contributed by atoms with Gasteiger partial charge in [-0.1, -0.05) is 27.2 Å². The molecule has 0 aromatic heterocycles. The highest BCUT2D eigenvalue weighted by atomic mass is 32.2. The smallest absolute Gasteiger partial charge is 0.416 e. The molecule has 1 aromatic carbocycles. The Kier molecular flexibility index (Phi) is 19.6. The summed E-state index contributed by atoms with van der Waals surface area (Å²) in [5.74, 6) is -3.38. The molecule has 4 aliphatic heterocycles. The first-order valence-electron chi connectivity index (χ1n) is 25.1. The number of halogens is 3. The van der Waals surface area contributed by atoms with Crippen molar-refractivity contribution in [3.63, 3.8) is 0 Å². The van der Waals surface area contributed by atoms with E-state index < -0.39 is 130 Å². The van der Waals surface area contributed by atoms with Gasteiger partial charge in [0.25, 0.3) is 0 Å². The lowest BCUT2D eigenvalue weighted by molar-refractivity contribution is -0.339. The molecule has 10 unspecified atom stereocenters. The fourth-order valence-electron chi connectivity index (χ4n) is 11.1. The molecule has 4 saturated heterocycles. The molecule has 4 heterocycles. The maximum absolute atomic E-state index is 14.6. The molecule has 4 fully saturated rings. The van der Waals surface area contributed by atoms with Crippen LogP contribution in [-0.4, -0.2) is 179 Å². The minimum Gasteiger partial charge on any atom is -0.459 e. The summed E-state index contributed by atoms with van der Waals surface area (Å²) >= 11 is 0. The maximum atomic E-state index is 14.6. The van der Waals surface area contributed by atoms with Gasteiger partial charge in [-0.05, 0) is 130 Å². The number of carbonyl (C=O) groups excluding carboxylic acids is 1. The lowest BCUT2D eigenvalue weighted by Gasteiger charge is -2.55. The van der Waals surface area contributed by atoms with Crippen LogP contribution in [0.15, 0.2) is 24.3 Å². The number of nitrogens with one attached hydrogen (secondary N) is 2. The third kappa shape index (κ3) is 13.6. The topological polar surface area (TPSA) is 238 Å². The first-order chi connectivity index (χ1) is 32.8. The van der Waals surface area contributed by atoms with Crippen molar-refractivity contribution in [2.45, 2.75) is 210 Å². The molecule has 4 aliphatic rings. The molecule has 5 rings (SSSR count). The predicted octanol–water partition coefficient (Wildman–Crippen LogP) is 4.16. The average molecular weight is 1040 g/mol. The van der Waals surface area contributed by atoms with Crippen LogP contribution in [0.25, 0.3) is 0 Å². The first kappa shape index (κ1) is 59.6. The molecule has 18 atom stereocenters. The van der Waals surface area contributed by atoms with Crippen LogP contribution in [0.2, 0.25) is 0 Å². The number of likely N-dealkylation sites (N-methyl/N-ethyl adjacent to an activating group) is 1. The van der Waals surface area contributed by atoms with Crippen molar-refractivity contribution in [2.75, 3.05) is 45.1 Å². The van der Waals surface area contributed by atoms with Crippen LogP contribution in [-0.2, 0) is 49.6 Å². The van der Waals surface area contributed by atoms with Crippen LogP contribution < -0.4 is 10.0 Å². The van der Waals surface area contributed by atoms with E-state index in [0.29, 0.717) is 0 Å². The van der Waals surface area contributed by atoms with Gasteiger partial charge in [0.2, 0.25) is 0 Å². The zero-order chi connectivity index (χ0) is 53.2. The average Bonchev–Trinajstić information content (AvgIpc) is 3.29. The van der Waals surface area contributed by atoms with Gasteiger partial charge in [0.05, 0.1) is 47.5 Å². The molecular weight excluding hydrogens is 958 g/mol. The normalized spacial score (nSPS) is 42.2. The Bertz CT molecular complexity index is 2000. The monoisotopic (exact) mass is 1040 g/mol. The quantitative estimate of drug-likeness (QED) is 0.146. The van der Waals surface area contributed by atoms with Gasteiger partial charge in [-0.15, -0.1) is 0 Å². The summed E-state index contributed by atoms with van der Waals surface area (Å²) in [7, 11) is -1.82. The van der Waals surface area contributed by atoms with Crippen molar-refractivity contribution in [1.82, 2.24) is 14.5 Å². The fourth-order valence-corrected chi connectivity index (χ4v) is 12.3. The van der Waals surface area contributed by atoms with E-state index in [0.717, 1.165) is 60.9 Å². The Morgan fingerprint density at radius 1 is 0.944 bits per heavy atom. The number of ether oxygens (including phenoxy) is 6. The summed E-state index contributed by atoms with van der Waals surface area (Å²) < 4.78 is 109. The van der Waals surface area contributed by atoms with Crippen molar-refractivity contribution in [2.24, 2.45) is 17.8 Å². The van der Waals surface area contributed by atoms with Crippen LogP contribution in [0.4, 0.5) is 18.9 Å². The van der Waals surface area contributed by atoms with E-state index in [9.17, 15) is 51.9 Å². The standard InChI is InChI=1S/C49H83F3N4O14S/c1-13-37-47(10,61)41(58)32(6)53-26-28(2)24-45(8,60)42(70-44-39(57)36(23-29(3)66-44)55(11)71(63,64)54-35-19-17-34(18-20-35)49(50,51)52)30(4)40(31(5)43(59)68-37)69-38-25-46(9,65-12)48(62,33(7)67-38)27-56-21-15-14-16-22-56/h17-20,28-33,36-42,44,53-54,57-58,60-62H,13-16,21-27H2,1-12H3/t28?,29-,30?,31?,32?,33+,36+,37?,38+,39-,40?,41?,42?,44+,45?,46-,47?,48+/m1/s1. The summed E-state index contributed by atoms with van der Waals surface area (Å²) in [6, 6.07) is 1.51. The number of rotatable bonds is 12. The van der Waals surface area contributed by atoms with E-state index in [2.05, 4.69) is 14.9 Å². The van der Waals surface area contributed by atoms with E-state index in [4.69, 9.17) is 28.4 Å². The third-order valence-corrected chi connectivity index (χ3v) is 17.3. The Balaban J connectivity index is 1.54. The number of carbonyl (C=O) groups is 1. The molecule has 0 amide bonds. The van der Waals surface area contributed by atoms with Crippen LogP contribution in [0.3, 0.4) is 0 Å². The lowest BCUT2D eigenvalue weighted by Crippen LogP contribution is -2.70. The van der Waals surface area contributed by atoms with Gasteiger partial charge < -0.3 is 64.2 Å². The molecule has 7 N–H and O–H groups in total. The van der Waals surface area contributed by atoms with Gasteiger partial charge in [0.1, 0.15) is 35.1 Å². The number of alkyl halides is 3. The Labute approximate surface area is 418 Å². The largest absolute Gasteiger partial charge is 0.459 e. The van der Waals surface area contributed by atoms with Crippen LogP contribution in [0, 0.1) is 17.8 Å². The van der Waals surface area contributed by atoms with Crippen molar-refractivity contribution in [3.05, 3.63) is 29.8 Å². The molecule has 410 valence electrons. The number of likely N-dealkylation sites (tertiary alicyclic amines) is 1. The molecule has 0 aliphatic carbocycles. The number of hydrogen-bond acceptors (Lipinski definition) is 16. The summed E-state index contributed by atoms with van der Waals surface area (Å²) in [4.78, 5) is 16.8. The molecule has 0 radical (unpaired) electrons. The SMILES string of the molecule is CCC1OC(=O)C(C)C(O[C@H]2C[C@@](C)(OC)[C@](O)(CN3CCCCC3)[C@H](C)O2)C(C)C(O[C@@H]2O[C@H](C)C[C@H](N(C)S(=O)(=O)Nc3ccc(C(F)(F)F)cc3)[C@H]2O)C(C)(O)CC(C)CNC(C)C(O)C1(C)O. The van der Waals surface area contributed by atoms with Crippen molar-refractivity contribution < 1.29 is 80.3 Å². The molecule has 71 heavy (non-hydrogen) atoms. The number of cyclic esters (lactones) is 1. The highest BCUT2D eigenvalue weighted by molar-refractivity contribution is 7.90. The van der Waals surface area contributed by atoms with E-state index in [-0.39, 0.29) is 50.4 Å². The van der Waals surface area contributed by atoms with Gasteiger partial charge >= 0.3 is 22.4 Å². The zero-order valence-corrected chi connectivity index (χ0v) is 44.3. The molecular formula is C49H83F3N4O14S. The van der Waals surface area contributed by atoms with E-state index in [1.807, 2.05) is 6.92 Å². The van der Waals surface area contributed by atoms with Gasteiger partial charge in [0, 0.05) is 44.8 Å². The highest BCUT2D eigenvalue weighted by Gasteiger charge is 2.59. The fraction of sp³-hybridized carbons (Fsp3) is 0.857. The van der Waals surface area contributed by atoms with Crippen molar-refractivity contribution in [1.29, 1.82) is 0 Å². The number of anilines is 1.